The molecule has 0 spiro atoms. The van der Waals surface area contributed by atoms with Gasteiger partial charge in [0.2, 0.25) is 0 Å². The SMILES string of the molecule is NCC(c1cc(Br)ccc1Cl)N1CCN2CCCC2C1. The maximum absolute atomic E-state index is 6.39. The first kappa shape index (κ1) is 14.8. The van der Waals surface area contributed by atoms with Crippen LogP contribution in [-0.2, 0) is 0 Å². The molecule has 3 nitrogen and oxygen atoms in total. The molecule has 2 saturated heterocycles. The summed E-state index contributed by atoms with van der Waals surface area (Å²) in [6, 6.07) is 6.98. The second-order valence-electron chi connectivity index (χ2n) is 5.74. The minimum Gasteiger partial charge on any atom is -0.329 e. The molecule has 3 rings (SSSR count). The van der Waals surface area contributed by atoms with Crippen molar-refractivity contribution in [3.63, 3.8) is 0 Å². The monoisotopic (exact) mass is 357 g/mol. The highest BCUT2D eigenvalue weighted by atomic mass is 79.9. The summed E-state index contributed by atoms with van der Waals surface area (Å²) < 4.78 is 1.06. The van der Waals surface area contributed by atoms with Crippen molar-refractivity contribution >= 4 is 27.5 Å². The van der Waals surface area contributed by atoms with Crippen LogP contribution in [0.1, 0.15) is 24.4 Å². The molecule has 0 bridgehead atoms. The van der Waals surface area contributed by atoms with E-state index in [-0.39, 0.29) is 6.04 Å². The standard InChI is InChI=1S/C15H21BrClN3/c16-11-3-4-14(17)13(8-11)15(9-18)20-7-6-19-5-1-2-12(19)10-20/h3-4,8,12,15H,1-2,5-7,9-10,18H2. The van der Waals surface area contributed by atoms with E-state index in [1.807, 2.05) is 12.1 Å². The Kier molecular flexibility index (Phi) is 4.68. The van der Waals surface area contributed by atoms with Crippen LogP contribution in [0, 0.1) is 0 Å². The molecule has 2 heterocycles. The summed E-state index contributed by atoms with van der Waals surface area (Å²) in [5, 5.41) is 0.817. The lowest BCUT2D eigenvalue weighted by Crippen LogP contribution is -2.52. The van der Waals surface area contributed by atoms with E-state index in [1.165, 1.54) is 19.4 Å². The number of benzene rings is 1. The first-order valence-corrected chi connectivity index (χ1v) is 8.49. The van der Waals surface area contributed by atoms with Crippen LogP contribution < -0.4 is 5.73 Å². The van der Waals surface area contributed by atoms with E-state index in [0.29, 0.717) is 12.6 Å². The molecule has 0 radical (unpaired) electrons. The van der Waals surface area contributed by atoms with Crippen molar-refractivity contribution in [2.75, 3.05) is 32.7 Å². The Balaban J connectivity index is 1.81. The molecule has 20 heavy (non-hydrogen) atoms. The fourth-order valence-electron chi connectivity index (χ4n) is 3.54. The number of piperazine rings is 1. The maximum Gasteiger partial charge on any atom is 0.0486 e. The van der Waals surface area contributed by atoms with Crippen molar-refractivity contribution < 1.29 is 0 Å². The average molecular weight is 359 g/mol. The van der Waals surface area contributed by atoms with Crippen LogP contribution in [0.4, 0.5) is 0 Å². The van der Waals surface area contributed by atoms with Crippen molar-refractivity contribution in [2.45, 2.75) is 24.9 Å². The summed E-state index contributed by atoms with van der Waals surface area (Å²) in [5.41, 5.74) is 7.21. The van der Waals surface area contributed by atoms with Crippen molar-refractivity contribution in [3.8, 4) is 0 Å². The number of nitrogens with zero attached hydrogens (tertiary/aromatic N) is 2. The third kappa shape index (κ3) is 2.90. The van der Waals surface area contributed by atoms with Gasteiger partial charge in [0.05, 0.1) is 0 Å². The number of hydrogen-bond donors (Lipinski definition) is 1. The Morgan fingerprint density at radius 1 is 1.35 bits per heavy atom. The van der Waals surface area contributed by atoms with Gasteiger partial charge in [-0.25, -0.2) is 0 Å². The predicted molar refractivity (Wildman–Crippen MR) is 87.1 cm³/mol. The Labute approximate surface area is 134 Å². The van der Waals surface area contributed by atoms with Crippen LogP contribution in [-0.4, -0.2) is 48.6 Å². The number of nitrogens with two attached hydrogens (primary N) is 1. The topological polar surface area (TPSA) is 32.5 Å². The Morgan fingerprint density at radius 2 is 2.20 bits per heavy atom. The highest BCUT2D eigenvalue weighted by Crippen LogP contribution is 2.32. The molecule has 0 saturated carbocycles. The van der Waals surface area contributed by atoms with Gasteiger partial charge in [0, 0.05) is 47.8 Å². The number of fused-ring (bicyclic) bond motifs is 1. The lowest BCUT2D eigenvalue weighted by molar-refractivity contribution is 0.0737. The fraction of sp³-hybridized carbons (Fsp3) is 0.600. The van der Waals surface area contributed by atoms with Crippen molar-refractivity contribution in [3.05, 3.63) is 33.3 Å². The van der Waals surface area contributed by atoms with Gasteiger partial charge in [0.15, 0.2) is 0 Å². The van der Waals surface area contributed by atoms with Crippen LogP contribution in [0.15, 0.2) is 22.7 Å². The molecular weight excluding hydrogens is 338 g/mol. The summed E-state index contributed by atoms with van der Waals surface area (Å²) in [7, 11) is 0. The zero-order valence-electron chi connectivity index (χ0n) is 11.6. The van der Waals surface area contributed by atoms with Gasteiger partial charge in [-0.2, -0.15) is 0 Å². The molecule has 2 atom stereocenters. The smallest absolute Gasteiger partial charge is 0.0486 e. The molecule has 1 aromatic rings. The van der Waals surface area contributed by atoms with E-state index in [4.69, 9.17) is 17.3 Å². The second-order valence-corrected chi connectivity index (χ2v) is 7.07. The largest absolute Gasteiger partial charge is 0.329 e. The lowest BCUT2D eigenvalue weighted by Gasteiger charge is -2.41. The second kappa shape index (κ2) is 6.32. The first-order valence-electron chi connectivity index (χ1n) is 7.32. The maximum atomic E-state index is 6.39. The summed E-state index contributed by atoms with van der Waals surface area (Å²) in [6.45, 7) is 5.24. The van der Waals surface area contributed by atoms with Crippen LogP contribution in [0.3, 0.4) is 0 Å². The molecule has 2 N–H and O–H groups in total. The molecular formula is C15H21BrClN3. The Bertz CT molecular complexity index is 482. The highest BCUT2D eigenvalue weighted by molar-refractivity contribution is 9.10. The van der Waals surface area contributed by atoms with Crippen LogP contribution in [0.2, 0.25) is 5.02 Å². The predicted octanol–water partition coefficient (Wildman–Crippen LogP) is 2.88. The molecule has 2 fully saturated rings. The van der Waals surface area contributed by atoms with E-state index in [0.717, 1.165) is 34.7 Å². The summed E-state index contributed by atoms with van der Waals surface area (Å²) in [4.78, 5) is 5.13. The molecule has 1 aromatic carbocycles. The van der Waals surface area contributed by atoms with Gasteiger partial charge in [-0.1, -0.05) is 27.5 Å². The van der Waals surface area contributed by atoms with Gasteiger partial charge in [0.1, 0.15) is 0 Å². The summed E-state index contributed by atoms with van der Waals surface area (Å²) in [5.74, 6) is 0. The molecule has 2 aliphatic heterocycles. The molecule has 0 aromatic heterocycles. The zero-order chi connectivity index (χ0) is 14.1. The highest BCUT2D eigenvalue weighted by Gasteiger charge is 2.33. The van der Waals surface area contributed by atoms with E-state index < -0.39 is 0 Å². The van der Waals surface area contributed by atoms with Crippen LogP contribution in [0.5, 0.6) is 0 Å². The number of halogens is 2. The van der Waals surface area contributed by atoms with Gasteiger partial charge < -0.3 is 5.73 Å². The Morgan fingerprint density at radius 3 is 3.00 bits per heavy atom. The average Bonchev–Trinajstić information content (AvgIpc) is 2.91. The lowest BCUT2D eigenvalue weighted by atomic mass is 10.0. The molecule has 110 valence electrons. The van der Waals surface area contributed by atoms with Crippen LogP contribution in [0.25, 0.3) is 0 Å². The first-order chi connectivity index (χ1) is 9.69. The van der Waals surface area contributed by atoms with Gasteiger partial charge in [-0.3, -0.25) is 9.80 Å². The molecule has 0 aliphatic carbocycles. The van der Waals surface area contributed by atoms with Gasteiger partial charge in [0.25, 0.3) is 0 Å². The quantitative estimate of drug-likeness (QED) is 0.902. The molecule has 5 heteroatoms. The van der Waals surface area contributed by atoms with Crippen molar-refractivity contribution in [2.24, 2.45) is 5.73 Å². The third-order valence-corrected chi connectivity index (χ3v) is 5.44. The molecule has 2 aliphatic rings. The van der Waals surface area contributed by atoms with E-state index in [2.05, 4.69) is 31.8 Å². The van der Waals surface area contributed by atoms with E-state index >= 15 is 0 Å². The van der Waals surface area contributed by atoms with E-state index in [1.54, 1.807) is 0 Å². The Hall–Kier alpha value is -0.130. The normalized spacial score (nSPS) is 25.6. The zero-order valence-corrected chi connectivity index (χ0v) is 13.9. The number of rotatable bonds is 3. The minimum absolute atomic E-state index is 0.225. The van der Waals surface area contributed by atoms with Crippen molar-refractivity contribution in [1.29, 1.82) is 0 Å². The van der Waals surface area contributed by atoms with Gasteiger partial charge >= 0.3 is 0 Å². The summed E-state index contributed by atoms with van der Waals surface area (Å²) in [6.07, 6.45) is 2.66. The van der Waals surface area contributed by atoms with Crippen molar-refractivity contribution in [1.82, 2.24) is 9.80 Å². The molecule has 2 unspecified atom stereocenters. The molecule has 0 amide bonds. The van der Waals surface area contributed by atoms with E-state index in [9.17, 15) is 0 Å². The number of hydrogen-bond acceptors (Lipinski definition) is 3. The fourth-order valence-corrected chi connectivity index (χ4v) is 4.16. The minimum atomic E-state index is 0.225. The van der Waals surface area contributed by atoms with Crippen LogP contribution >= 0.6 is 27.5 Å². The third-order valence-electron chi connectivity index (χ3n) is 4.60. The van der Waals surface area contributed by atoms with Gasteiger partial charge in [-0.15, -0.1) is 0 Å². The van der Waals surface area contributed by atoms with Gasteiger partial charge in [-0.05, 0) is 43.1 Å². The summed E-state index contributed by atoms with van der Waals surface area (Å²) >= 11 is 9.92.